The molecule has 0 aliphatic heterocycles. The molecule has 0 spiro atoms. The molecule has 0 saturated carbocycles. The van der Waals surface area contributed by atoms with E-state index in [1.807, 2.05) is 0 Å². The zero-order valence-corrected chi connectivity index (χ0v) is 19.8. The lowest BCUT2D eigenvalue weighted by Gasteiger charge is -2.10. The van der Waals surface area contributed by atoms with Gasteiger partial charge in [-0.15, -0.1) is 0 Å². The molecule has 1 heterocycles. The quantitative estimate of drug-likeness (QED) is 0.464. The van der Waals surface area contributed by atoms with Gasteiger partial charge in [0.15, 0.2) is 0 Å². The molecule has 0 radical (unpaired) electrons. The van der Waals surface area contributed by atoms with Crippen LogP contribution in [0.15, 0.2) is 53.4 Å². The number of benzene rings is 2. The van der Waals surface area contributed by atoms with Gasteiger partial charge in [-0.05, 0) is 55.8 Å². The van der Waals surface area contributed by atoms with Crippen molar-refractivity contribution in [2.75, 3.05) is 4.72 Å². The number of anilines is 1. The van der Waals surface area contributed by atoms with E-state index in [1.165, 1.54) is 42.5 Å². The number of imide groups is 1. The molecule has 172 valence electrons. The number of nitrogens with one attached hydrogen (secondary N) is 3. The average molecular weight is 508 g/mol. The standard InChI is InChI=1S/C21H19Cl2N5O4S/c1-12-9-13(2)26-20(25-12)28-33(31,32)16-6-3-14(4-7-16)11-24-21(30)27-19(29)17-8-5-15(22)10-18(17)23/h3-10H,11H2,1-2H3,(H,25,26,28)(H2,24,27,29,30). The summed E-state index contributed by atoms with van der Waals surface area (Å²) >= 11 is 11.8. The molecule has 0 fully saturated rings. The molecular weight excluding hydrogens is 489 g/mol. The number of carbonyl (C=O) groups is 2. The van der Waals surface area contributed by atoms with Gasteiger partial charge in [0.25, 0.3) is 15.9 Å². The van der Waals surface area contributed by atoms with Crippen LogP contribution in [-0.4, -0.2) is 30.3 Å². The van der Waals surface area contributed by atoms with Gasteiger partial charge in [-0.2, -0.15) is 0 Å². The lowest BCUT2D eigenvalue weighted by Crippen LogP contribution is -2.39. The minimum atomic E-state index is -3.89. The number of rotatable bonds is 6. The number of aryl methyl sites for hydroxylation is 2. The van der Waals surface area contributed by atoms with Crippen LogP contribution in [-0.2, 0) is 16.6 Å². The van der Waals surface area contributed by atoms with E-state index in [0.29, 0.717) is 22.0 Å². The second-order valence-electron chi connectivity index (χ2n) is 6.98. The number of hydrogen-bond donors (Lipinski definition) is 3. The van der Waals surface area contributed by atoms with Crippen molar-refractivity contribution in [1.29, 1.82) is 0 Å². The summed E-state index contributed by atoms with van der Waals surface area (Å²) in [5.74, 6) is -0.698. The SMILES string of the molecule is Cc1cc(C)nc(NS(=O)(=O)c2ccc(CNC(=O)NC(=O)c3ccc(Cl)cc3Cl)cc2)n1. The zero-order valence-electron chi connectivity index (χ0n) is 17.5. The van der Waals surface area contributed by atoms with Gasteiger partial charge in [-0.3, -0.25) is 10.1 Å². The van der Waals surface area contributed by atoms with Gasteiger partial charge < -0.3 is 5.32 Å². The third kappa shape index (κ3) is 6.64. The molecule has 0 unspecified atom stereocenters. The van der Waals surface area contributed by atoms with Crippen LogP contribution >= 0.6 is 23.2 Å². The van der Waals surface area contributed by atoms with Gasteiger partial charge in [0.1, 0.15) is 0 Å². The van der Waals surface area contributed by atoms with E-state index >= 15 is 0 Å². The predicted octanol–water partition coefficient (Wildman–Crippen LogP) is 3.84. The first-order valence-electron chi connectivity index (χ1n) is 9.52. The summed E-state index contributed by atoms with van der Waals surface area (Å²) in [6.45, 7) is 3.53. The fraction of sp³-hybridized carbons (Fsp3) is 0.143. The topological polar surface area (TPSA) is 130 Å². The summed E-state index contributed by atoms with van der Waals surface area (Å²) < 4.78 is 27.5. The summed E-state index contributed by atoms with van der Waals surface area (Å²) in [7, 11) is -3.89. The Morgan fingerprint density at radius 3 is 2.18 bits per heavy atom. The molecular formula is C21H19Cl2N5O4S. The minimum absolute atomic E-state index is 0.00557. The van der Waals surface area contributed by atoms with Crippen molar-refractivity contribution in [2.45, 2.75) is 25.3 Å². The van der Waals surface area contributed by atoms with E-state index < -0.39 is 22.0 Å². The number of sulfonamides is 1. The molecule has 3 N–H and O–H groups in total. The van der Waals surface area contributed by atoms with Gasteiger partial charge in [0.2, 0.25) is 5.95 Å². The highest BCUT2D eigenvalue weighted by molar-refractivity contribution is 7.92. The van der Waals surface area contributed by atoms with Crippen molar-refractivity contribution in [3.8, 4) is 0 Å². The average Bonchev–Trinajstić information content (AvgIpc) is 2.71. The Morgan fingerprint density at radius 1 is 0.939 bits per heavy atom. The lowest BCUT2D eigenvalue weighted by molar-refractivity contribution is 0.0964. The van der Waals surface area contributed by atoms with Crippen molar-refractivity contribution in [3.63, 3.8) is 0 Å². The maximum absolute atomic E-state index is 12.6. The molecule has 0 bridgehead atoms. The van der Waals surface area contributed by atoms with E-state index in [1.54, 1.807) is 19.9 Å². The summed E-state index contributed by atoms with van der Waals surface area (Å²) in [6, 6.07) is 11.1. The van der Waals surface area contributed by atoms with Crippen LogP contribution in [0.3, 0.4) is 0 Å². The number of urea groups is 1. The number of aromatic nitrogens is 2. The summed E-state index contributed by atoms with van der Waals surface area (Å²) in [6.07, 6.45) is 0. The van der Waals surface area contributed by atoms with Gasteiger partial charge >= 0.3 is 6.03 Å². The summed E-state index contributed by atoms with van der Waals surface area (Å²) in [5, 5.41) is 5.16. The highest BCUT2D eigenvalue weighted by Gasteiger charge is 2.17. The van der Waals surface area contributed by atoms with Crippen molar-refractivity contribution in [2.24, 2.45) is 0 Å². The van der Waals surface area contributed by atoms with E-state index in [9.17, 15) is 18.0 Å². The molecule has 12 heteroatoms. The van der Waals surface area contributed by atoms with Crippen LogP contribution in [0.2, 0.25) is 10.0 Å². The van der Waals surface area contributed by atoms with Crippen molar-refractivity contribution in [3.05, 3.63) is 81.1 Å². The second-order valence-corrected chi connectivity index (χ2v) is 9.51. The van der Waals surface area contributed by atoms with E-state index in [0.717, 1.165) is 0 Å². The Hall–Kier alpha value is -3.21. The van der Waals surface area contributed by atoms with E-state index in [2.05, 4.69) is 25.3 Å². The van der Waals surface area contributed by atoms with Crippen molar-refractivity contribution in [1.82, 2.24) is 20.6 Å². The van der Waals surface area contributed by atoms with E-state index in [4.69, 9.17) is 23.2 Å². The molecule has 3 amide bonds. The Labute approximate surface area is 200 Å². The van der Waals surface area contributed by atoms with Gasteiger partial charge in [-0.1, -0.05) is 35.3 Å². The van der Waals surface area contributed by atoms with Crippen LogP contribution in [0.5, 0.6) is 0 Å². The number of halogens is 2. The van der Waals surface area contributed by atoms with Crippen LogP contribution in [0.25, 0.3) is 0 Å². The highest BCUT2D eigenvalue weighted by atomic mass is 35.5. The molecule has 0 aliphatic rings. The molecule has 0 saturated heterocycles. The first-order chi connectivity index (χ1) is 15.5. The normalized spacial score (nSPS) is 11.0. The zero-order chi connectivity index (χ0) is 24.2. The van der Waals surface area contributed by atoms with Crippen molar-refractivity contribution < 1.29 is 18.0 Å². The summed E-state index contributed by atoms with van der Waals surface area (Å²) in [4.78, 5) is 32.3. The maximum Gasteiger partial charge on any atom is 0.321 e. The molecule has 1 aromatic heterocycles. The van der Waals surface area contributed by atoms with Gasteiger partial charge in [0.05, 0.1) is 15.5 Å². The fourth-order valence-corrected chi connectivity index (χ4v) is 4.25. The first kappa shape index (κ1) is 24.4. The largest absolute Gasteiger partial charge is 0.334 e. The fourth-order valence-electron chi connectivity index (χ4n) is 2.81. The highest BCUT2D eigenvalue weighted by Crippen LogP contribution is 2.21. The molecule has 3 aromatic rings. The minimum Gasteiger partial charge on any atom is -0.334 e. The molecule has 2 aromatic carbocycles. The number of carbonyl (C=O) groups excluding carboxylic acids is 2. The Balaban J connectivity index is 1.58. The predicted molar refractivity (Wildman–Crippen MR) is 125 cm³/mol. The molecule has 0 aliphatic carbocycles. The van der Waals surface area contributed by atoms with Crippen LogP contribution in [0, 0.1) is 13.8 Å². The van der Waals surface area contributed by atoms with Gasteiger partial charge in [-0.25, -0.2) is 27.9 Å². The first-order valence-corrected chi connectivity index (χ1v) is 11.8. The smallest absolute Gasteiger partial charge is 0.321 e. The third-order valence-corrected chi connectivity index (χ3v) is 6.19. The Kier molecular flexibility index (Phi) is 7.52. The maximum atomic E-state index is 12.6. The Bertz CT molecular complexity index is 1290. The van der Waals surface area contributed by atoms with E-state index in [-0.39, 0.29) is 28.0 Å². The second kappa shape index (κ2) is 10.2. The molecule has 33 heavy (non-hydrogen) atoms. The molecule has 9 nitrogen and oxygen atoms in total. The van der Waals surface area contributed by atoms with Crippen molar-refractivity contribution >= 4 is 51.1 Å². The number of nitrogens with zero attached hydrogens (tertiary/aromatic N) is 2. The summed E-state index contributed by atoms with van der Waals surface area (Å²) in [5.41, 5.74) is 1.99. The van der Waals surface area contributed by atoms with Gasteiger partial charge in [0, 0.05) is 23.0 Å². The van der Waals surface area contributed by atoms with Crippen LogP contribution < -0.4 is 15.4 Å². The third-order valence-electron chi connectivity index (χ3n) is 4.30. The monoisotopic (exact) mass is 507 g/mol. The van der Waals surface area contributed by atoms with Crippen LogP contribution in [0.4, 0.5) is 10.7 Å². The Morgan fingerprint density at radius 2 is 1.58 bits per heavy atom. The molecule has 3 rings (SSSR count). The number of amides is 3. The number of hydrogen-bond acceptors (Lipinski definition) is 6. The lowest BCUT2D eigenvalue weighted by atomic mass is 10.2. The van der Waals surface area contributed by atoms with Crippen LogP contribution in [0.1, 0.15) is 27.3 Å². The molecule has 0 atom stereocenters.